The van der Waals surface area contributed by atoms with E-state index in [2.05, 4.69) is 4.98 Å². The molecule has 2 rings (SSSR count). The molecule has 1 aromatic carbocycles. The Bertz CT molecular complexity index is 548. The molecule has 1 N–H and O–H groups in total. The second kappa shape index (κ2) is 3.77. The number of hydrogen-bond acceptors (Lipinski definition) is 3. The molecule has 0 spiro atoms. The molecule has 0 radical (unpaired) electrons. The largest absolute Gasteiger partial charge is 0.476 e. The van der Waals surface area contributed by atoms with Crippen molar-refractivity contribution >= 4 is 5.97 Å². The van der Waals surface area contributed by atoms with Crippen molar-refractivity contribution < 1.29 is 18.7 Å². The van der Waals surface area contributed by atoms with Crippen LogP contribution in [-0.2, 0) is 0 Å². The van der Waals surface area contributed by atoms with Crippen LogP contribution in [0, 0.1) is 12.7 Å². The molecule has 1 heterocycles. The van der Waals surface area contributed by atoms with Crippen molar-refractivity contribution in [3.8, 4) is 11.5 Å². The standard InChI is InChI=1S/C11H8FNO3/c1-6-2-3-7(12)4-8(6)10-13-9(5-16-10)11(14)15/h2-5H,1H3,(H,14,15). The Morgan fingerprint density at radius 3 is 2.88 bits per heavy atom. The van der Waals surface area contributed by atoms with Gasteiger partial charge < -0.3 is 9.52 Å². The molecule has 4 nitrogen and oxygen atoms in total. The van der Waals surface area contributed by atoms with Gasteiger partial charge >= 0.3 is 5.97 Å². The van der Waals surface area contributed by atoms with Crippen molar-refractivity contribution in [2.45, 2.75) is 6.92 Å². The number of carboxylic acid groups (broad SMARTS) is 1. The van der Waals surface area contributed by atoms with Gasteiger partial charge in [-0.1, -0.05) is 6.07 Å². The minimum atomic E-state index is -1.18. The first-order valence-corrected chi connectivity index (χ1v) is 4.53. The molecule has 5 heteroatoms. The molecular weight excluding hydrogens is 213 g/mol. The van der Waals surface area contributed by atoms with E-state index in [4.69, 9.17) is 9.52 Å². The normalized spacial score (nSPS) is 10.4. The number of aryl methyl sites for hydroxylation is 1. The van der Waals surface area contributed by atoms with Gasteiger partial charge in [0.25, 0.3) is 0 Å². The Morgan fingerprint density at radius 1 is 1.50 bits per heavy atom. The van der Waals surface area contributed by atoms with Crippen LogP contribution in [0.4, 0.5) is 4.39 Å². The molecular formula is C11H8FNO3. The predicted molar refractivity (Wildman–Crippen MR) is 53.6 cm³/mol. The molecule has 0 amide bonds. The summed E-state index contributed by atoms with van der Waals surface area (Å²) in [6, 6.07) is 4.15. The molecule has 0 unspecified atom stereocenters. The molecule has 82 valence electrons. The molecule has 1 aromatic heterocycles. The molecule has 0 aliphatic rings. The second-order valence-corrected chi connectivity index (χ2v) is 3.30. The van der Waals surface area contributed by atoms with E-state index in [-0.39, 0.29) is 11.6 Å². The van der Waals surface area contributed by atoms with Gasteiger partial charge in [0.2, 0.25) is 5.89 Å². The Balaban J connectivity index is 2.50. The van der Waals surface area contributed by atoms with Gasteiger partial charge in [0.15, 0.2) is 5.69 Å². The van der Waals surface area contributed by atoms with Crippen molar-refractivity contribution in [1.29, 1.82) is 0 Å². The number of benzene rings is 1. The van der Waals surface area contributed by atoms with Crippen LogP contribution >= 0.6 is 0 Å². The van der Waals surface area contributed by atoms with Crippen LogP contribution in [0.5, 0.6) is 0 Å². The number of hydrogen-bond donors (Lipinski definition) is 1. The Kier molecular flexibility index (Phi) is 2.44. The molecule has 0 aliphatic heterocycles. The summed E-state index contributed by atoms with van der Waals surface area (Å²) in [5.41, 5.74) is 1.02. The minimum Gasteiger partial charge on any atom is -0.476 e. The maximum Gasteiger partial charge on any atom is 0.357 e. The predicted octanol–water partition coefficient (Wildman–Crippen LogP) is 2.49. The van der Waals surface area contributed by atoms with Crippen LogP contribution in [0.25, 0.3) is 11.5 Å². The number of oxazole rings is 1. The number of nitrogens with zero attached hydrogens (tertiary/aromatic N) is 1. The van der Waals surface area contributed by atoms with Gasteiger partial charge in [0.05, 0.1) is 0 Å². The zero-order chi connectivity index (χ0) is 11.7. The zero-order valence-electron chi connectivity index (χ0n) is 8.40. The fourth-order valence-electron chi connectivity index (χ4n) is 1.32. The Hall–Kier alpha value is -2.17. The molecule has 2 aromatic rings. The van der Waals surface area contributed by atoms with Crippen LogP contribution in [0.15, 0.2) is 28.9 Å². The molecule has 0 saturated heterocycles. The van der Waals surface area contributed by atoms with Crippen molar-refractivity contribution in [2.75, 3.05) is 0 Å². The maximum atomic E-state index is 13.0. The summed E-state index contributed by atoms with van der Waals surface area (Å²) in [4.78, 5) is 14.3. The van der Waals surface area contributed by atoms with E-state index in [1.54, 1.807) is 13.0 Å². The van der Waals surface area contributed by atoms with E-state index in [0.717, 1.165) is 11.8 Å². The van der Waals surface area contributed by atoms with Crippen LogP contribution in [0.2, 0.25) is 0 Å². The van der Waals surface area contributed by atoms with Crippen molar-refractivity contribution in [3.63, 3.8) is 0 Å². The summed E-state index contributed by atoms with van der Waals surface area (Å²) in [7, 11) is 0. The Morgan fingerprint density at radius 2 is 2.25 bits per heavy atom. The van der Waals surface area contributed by atoms with Crippen molar-refractivity contribution in [3.05, 3.63) is 41.5 Å². The van der Waals surface area contributed by atoms with Gasteiger partial charge in [0, 0.05) is 5.56 Å². The lowest BCUT2D eigenvalue weighted by Gasteiger charge is -2.00. The molecule has 0 aliphatic carbocycles. The summed E-state index contributed by atoms with van der Waals surface area (Å²) in [6.45, 7) is 1.76. The van der Waals surface area contributed by atoms with E-state index in [9.17, 15) is 9.18 Å². The lowest BCUT2D eigenvalue weighted by molar-refractivity contribution is 0.0690. The van der Waals surface area contributed by atoms with Crippen molar-refractivity contribution in [1.82, 2.24) is 4.98 Å². The molecule has 0 fully saturated rings. The summed E-state index contributed by atoms with van der Waals surface area (Å²) < 4.78 is 18.0. The van der Waals surface area contributed by atoms with Crippen LogP contribution in [0.1, 0.15) is 16.1 Å². The van der Waals surface area contributed by atoms with Gasteiger partial charge in [-0.25, -0.2) is 14.2 Å². The van der Waals surface area contributed by atoms with Crippen molar-refractivity contribution in [2.24, 2.45) is 0 Å². The lowest BCUT2D eigenvalue weighted by Crippen LogP contribution is -1.96. The van der Waals surface area contributed by atoms with Gasteiger partial charge in [-0.3, -0.25) is 0 Å². The van der Waals surface area contributed by atoms with E-state index in [1.807, 2.05) is 0 Å². The summed E-state index contributed by atoms with van der Waals surface area (Å²) in [5, 5.41) is 8.67. The SMILES string of the molecule is Cc1ccc(F)cc1-c1nc(C(=O)O)co1. The number of aromatic carboxylic acids is 1. The first kappa shape index (κ1) is 10.4. The number of rotatable bonds is 2. The van der Waals surface area contributed by atoms with Crippen LogP contribution < -0.4 is 0 Å². The third-order valence-electron chi connectivity index (χ3n) is 2.15. The van der Waals surface area contributed by atoms with E-state index < -0.39 is 11.8 Å². The smallest absolute Gasteiger partial charge is 0.357 e. The summed E-state index contributed by atoms with van der Waals surface area (Å²) in [6.07, 6.45) is 1.03. The first-order valence-electron chi connectivity index (χ1n) is 4.53. The highest BCUT2D eigenvalue weighted by Crippen LogP contribution is 2.23. The van der Waals surface area contributed by atoms with E-state index in [1.165, 1.54) is 12.1 Å². The quantitative estimate of drug-likeness (QED) is 0.846. The zero-order valence-corrected chi connectivity index (χ0v) is 8.40. The highest BCUT2D eigenvalue weighted by Gasteiger charge is 2.13. The van der Waals surface area contributed by atoms with Gasteiger partial charge in [-0.15, -0.1) is 0 Å². The average molecular weight is 221 g/mol. The minimum absolute atomic E-state index is 0.106. The average Bonchev–Trinajstić information content (AvgIpc) is 2.70. The van der Waals surface area contributed by atoms with E-state index in [0.29, 0.717) is 5.56 Å². The van der Waals surface area contributed by atoms with E-state index >= 15 is 0 Å². The maximum absolute atomic E-state index is 13.0. The molecule has 0 bridgehead atoms. The second-order valence-electron chi connectivity index (χ2n) is 3.30. The fourth-order valence-corrected chi connectivity index (χ4v) is 1.32. The van der Waals surface area contributed by atoms with Gasteiger partial charge in [0.1, 0.15) is 12.1 Å². The van der Waals surface area contributed by atoms with Gasteiger partial charge in [-0.05, 0) is 24.6 Å². The number of halogens is 1. The summed E-state index contributed by atoms with van der Waals surface area (Å²) in [5.74, 6) is -1.49. The topological polar surface area (TPSA) is 63.3 Å². The number of aromatic nitrogens is 1. The monoisotopic (exact) mass is 221 g/mol. The highest BCUT2D eigenvalue weighted by atomic mass is 19.1. The Labute approximate surface area is 90.4 Å². The third kappa shape index (κ3) is 1.79. The fraction of sp³-hybridized carbons (Fsp3) is 0.0909. The third-order valence-corrected chi connectivity index (χ3v) is 2.15. The van der Waals surface area contributed by atoms with Crippen LogP contribution in [-0.4, -0.2) is 16.1 Å². The molecule has 0 atom stereocenters. The van der Waals surface area contributed by atoms with Crippen LogP contribution in [0.3, 0.4) is 0 Å². The highest BCUT2D eigenvalue weighted by molar-refractivity contribution is 5.85. The first-order chi connectivity index (χ1) is 7.58. The molecule has 0 saturated carbocycles. The number of carbonyl (C=O) groups is 1. The van der Waals surface area contributed by atoms with Gasteiger partial charge in [-0.2, -0.15) is 0 Å². The molecule has 16 heavy (non-hydrogen) atoms. The number of carboxylic acids is 1. The lowest BCUT2D eigenvalue weighted by atomic mass is 10.1. The summed E-state index contributed by atoms with van der Waals surface area (Å²) >= 11 is 0.